The van der Waals surface area contributed by atoms with Gasteiger partial charge in [-0.1, -0.05) is 0 Å². The number of aromatic nitrogens is 1. The molecule has 7 heteroatoms. The molecule has 0 aliphatic carbocycles. The Morgan fingerprint density at radius 3 is 2.88 bits per heavy atom. The fraction of sp³-hybridized carbons (Fsp3) is 0.444. The highest BCUT2D eigenvalue weighted by Gasteiger charge is 2.11. The van der Waals surface area contributed by atoms with E-state index in [-0.39, 0.29) is 5.91 Å². The van der Waals surface area contributed by atoms with Crippen LogP contribution in [0.2, 0.25) is 0 Å². The molecule has 0 aliphatic heterocycles. The zero-order chi connectivity index (χ0) is 12.1. The van der Waals surface area contributed by atoms with Crippen molar-refractivity contribution in [2.75, 3.05) is 6.61 Å². The molecule has 1 rings (SSSR count). The second kappa shape index (κ2) is 5.45. The summed E-state index contributed by atoms with van der Waals surface area (Å²) in [4.78, 5) is 22.6. The van der Waals surface area contributed by atoms with Gasteiger partial charge in [0.2, 0.25) is 10.7 Å². The second-order valence-corrected chi connectivity index (χ2v) is 3.80. The largest absolute Gasteiger partial charge is 0.461 e. The minimum Gasteiger partial charge on any atom is -0.461 e. The number of esters is 1. The molecule has 0 saturated carbocycles. The van der Waals surface area contributed by atoms with Gasteiger partial charge in [-0.05, 0) is 6.92 Å². The molecule has 1 aromatic rings. The normalized spacial score (nSPS) is 11.3. The Kier molecular flexibility index (Phi) is 4.24. The van der Waals surface area contributed by atoms with Crippen LogP contribution in [0.1, 0.15) is 24.3 Å². The second-order valence-electron chi connectivity index (χ2n) is 2.96. The van der Waals surface area contributed by atoms with Crippen LogP contribution in [0.25, 0.3) is 0 Å². The highest BCUT2D eigenvalue weighted by atomic mass is 32.1. The maximum absolute atomic E-state index is 11.5. The quantitative estimate of drug-likeness (QED) is 0.609. The van der Waals surface area contributed by atoms with Crippen molar-refractivity contribution in [1.82, 2.24) is 9.99 Å². The number of ether oxygens (including phenoxy) is 1. The molecule has 1 aromatic heterocycles. The molecule has 1 heterocycles. The van der Waals surface area contributed by atoms with Gasteiger partial charge in [0.25, 0.3) is 0 Å². The standard InChI is InChI=1S/C9H13N3O3S/c1-4-15-8(14)7-5-16-9(12(7)3)11-10-6(2)13/h5H,4H2,1-3H3,(H,10,13)/b11-9+. The summed E-state index contributed by atoms with van der Waals surface area (Å²) >= 11 is 1.25. The number of thiazole rings is 1. The summed E-state index contributed by atoms with van der Waals surface area (Å²) in [5, 5.41) is 5.48. The van der Waals surface area contributed by atoms with Crippen molar-refractivity contribution in [2.45, 2.75) is 13.8 Å². The minimum absolute atomic E-state index is 0.258. The SMILES string of the molecule is CCOC(=O)c1cs/c(=N/NC(C)=O)n1C. The van der Waals surface area contributed by atoms with Crippen LogP contribution in [0.4, 0.5) is 0 Å². The number of carbonyl (C=O) groups is 2. The van der Waals surface area contributed by atoms with Gasteiger partial charge in [-0.25, -0.2) is 10.2 Å². The third-order valence-electron chi connectivity index (χ3n) is 1.72. The topological polar surface area (TPSA) is 72.7 Å². The van der Waals surface area contributed by atoms with E-state index >= 15 is 0 Å². The van der Waals surface area contributed by atoms with E-state index in [9.17, 15) is 9.59 Å². The first-order valence-corrected chi connectivity index (χ1v) is 5.56. The van der Waals surface area contributed by atoms with Crippen LogP contribution in [0, 0.1) is 0 Å². The average molecular weight is 243 g/mol. The Bertz CT molecular complexity index is 461. The predicted octanol–water partition coefficient (Wildman–Crippen LogP) is 0.215. The molecule has 0 fully saturated rings. The Labute approximate surface area is 96.5 Å². The van der Waals surface area contributed by atoms with Gasteiger partial charge in [-0.2, -0.15) is 0 Å². The Balaban J connectivity index is 2.96. The lowest BCUT2D eigenvalue weighted by Crippen LogP contribution is -2.23. The molecule has 16 heavy (non-hydrogen) atoms. The van der Waals surface area contributed by atoms with Gasteiger partial charge in [0, 0.05) is 19.4 Å². The van der Waals surface area contributed by atoms with Gasteiger partial charge in [-0.3, -0.25) is 4.79 Å². The summed E-state index contributed by atoms with van der Waals surface area (Å²) in [5.74, 6) is -0.656. The molecule has 0 spiro atoms. The maximum atomic E-state index is 11.5. The number of nitrogens with zero attached hydrogens (tertiary/aromatic N) is 2. The molecule has 0 aliphatic rings. The van der Waals surface area contributed by atoms with Crippen LogP contribution in [0.3, 0.4) is 0 Å². The lowest BCUT2D eigenvalue weighted by atomic mass is 10.5. The molecule has 0 unspecified atom stereocenters. The lowest BCUT2D eigenvalue weighted by Gasteiger charge is -2.01. The number of amides is 1. The van der Waals surface area contributed by atoms with Crippen LogP contribution in [0.5, 0.6) is 0 Å². The monoisotopic (exact) mass is 243 g/mol. The van der Waals surface area contributed by atoms with E-state index in [2.05, 4.69) is 10.5 Å². The summed E-state index contributed by atoms with van der Waals surface area (Å²) in [6, 6.07) is 0. The fourth-order valence-electron chi connectivity index (χ4n) is 0.988. The van der Waals surface area contributed by atoms with Gasteiger partial charge < -0.3 is 9.30 Å². The Morgan fingerprint density at radius 2 is 2.31 bits per heavy atom. The highest BCUT2D eigenvalue weighted by molar-refractivity contribution is 7.07. The lowest BCUT2D eigenvalue weighted by molar-refractivity contribution is -0.119. The number of hydrogen-bond donors (Lipinski definition) is 1. The van der Waals surface area contributed by atoms with Crippen LogP contribution < -0.4 is 10.2 Å². The van der Waals surface area contributed by atoms with Crippen molar-refractivity contribution in [2.24, 2.45) is 12.1 Å². The van der Waals surface area contributed by atoms with E-state index in [1.54, 1.807) is 23.9 Å². The molecular formula is C9H13N3O3S. The van der Waals surface area contributed by atoms with E-state index in [1.165, 1.54) is 18.3 Å². The number of carbonyl (C=O) groups excluding carboxylic acids is 2. The first-order valence-electron chi connectivity index (χ1n) is 4.68. The molecular weight excluding hydrogens is 230 g/mol. The molecule has 88 valence electrons. The Hall–Kier alpha value is -1.63. The van der Waals surface area contributed by atoms with Crippen molar-refractivity contribution in [1.29, 1.82) is 0 Å². The molecule has 1 amide bonds. The van der Waals surface area contributed by atoms with Crippen LogP contribution >= 0.6 is 11.3 Å². The first-order chi connectivity index (χ1) is 7.56. The van der Waals surface area contributed by atoms with E-state index in [1.807, 2.05) is 0 Å². The Morgan fingerprint density at radius 1 is 1.62 bits per heavy atom. The number of nitrogens with one attached hydrogen (secondary N) is 1. The zero-order valence-corrected chi connectivity index (χ0v) is 10.1. The number of hydrogen-bond acceptors (Lipinski definition) is 5. The minimum atomic E-state index is -0.398. The van der Waals surface area contributed by atoms with Crippen molar-refractivity contribution in [3.8, 4) is 0 Å². The molecule has 0 bridgehead atoms. The predicted molar refractivity (Wildman–Crippen MR) is 58.6 cm³/mol. The van der Waals surface area contributed by atoms with Crippen molar-refractivity contribution >= 4 is 23.2 Å². The van der Waals surface area contributed by atoms with Crippen LogP contribution in [-0.2, 0) is 16.6 Å². The summed E-state index contributed by atoms with van der Waals surface area (Å²) in [6.45, 7) is 3.43. The summed E-state index contributed by atoms with van der Waals surface area (Å²) in [7, 11) is 1.68. The zero-order valence-electron chi connectivity index (χ0n) is 9.31. The van der Waals surface area contributed by atoms with E-state index < -0.39 is 5.97 Å². The summed E-state index contributed by atoms with van der Waals surface area (Å²) in [5.41, 5.74) is 2.72. The molecule has 0 saturated heterocycles. The molecule has 0 aromatic carbocycles. The van der Waals surface area contributed by atoms with Gasteiger partial charge in [0.1, 0.15) is 5.69 Å². The fourth-order valence-corrected chi connectivity index (χ4v) is 1.81. The summed E-state index contributed by atoms with van der Waals surface area (Å²) < 4.78 is 6.43. The average Bonchev–Trinajstić information content (AvgIpc) is 2.57. The van der Waals surface area contributed by atoms with Gasteiger partial charge in [0.05, 0.1) is 6.61 Å². The van der Waals surface area contributed by atoms with Crippen molar-refractivity contribution < 1.29 is 14.3 Å². The van der Waals surface area contributed by atoms with E-state index in [0.29, 0.717) is 17.1 Å². The smallest absolute Gasteiger partial charge is 0.355 e. The van der Waals surface area contributed by atoms with Gasteiger partial charge in [-0.15, -0.1) is 16.4 Å². The molecule has 0 radical (unpaired) electrons. The third-order valence-corrected chi connectivity index (χ3v) is 2.63. The number of rotatable bonds is 3. The van der Waals surface area contributed by atoms with E-state index in [0.717, 1.165) is 0 Å². The molecule has 6 nitrogen and oxygen atoms in total. The molecule has 0 atom stereocenters. The highest BCUT2D eigenvalue weighted by Crippen LogP contribution is 2.02. The van der Waals surface area contributed by atoms with E-state index in [4.69, 9.17) is 4.74 Å². The van der Waals surface area contributed by atoms with Crippen molar-refractivity contribution in [3.05, 3.63) is 15.9 Å². The maximum Gasteiger partial charge on any atom is 0.355 e. The first kappa shape index (κ1) is 12.4. The van der Waals surface area contributed by atoms with Gasteiger partial charge >= 0.3 is 5.97 Å². The summed E-state index contributed by atoms with van der Waals surface area (Å²) in [6.07, 6.45) is 0. The van der Waals surface area contributed by atoms with Crippen molar-refractivity contribution in [3.63, 3.8) is 0 Å². The molecule has 1 N–H and O–H groups in total. The van der Waals surface area contributed by atoms with Gasteiger partial charge in [0.15, 0.2) is 0 Å². The third kappa shape index (κ3) is 2.93. The van der Waals surface area contributed by atoms with Crippen LogP contribution in [0.15, 0.2) is 10.5 Å². The van der Waals surface area contributed by atoms with Crippen LogP contribution in [-0.4, -0.2) is 23.1 Å².